The van der Waals surface area contributed by atoms with Crippen LogP contribution in [0.4, 0.5) is 13.6 Å². The molecule has 1 amide bonds. The van der Waals surface area contributed by atoms with Gasteiger partial charge in [0.15, 0.2) is 0 Å². The molecule has 10 heteroatoms. The van der Waals surface area contributed by atoms with Crippen molar-refractivity contribution in [1.29, 1.82) is 0 Å². The van der Waals surface area contributed by atoms with Gasteiger partial charge in [0.2, 0.25) is 0 Å². The third-order valence-corrected chi connectivity index (χ3v) is 4.95. The van der Waals surface area contributed by atoms with Gasteiger partial charge in [-0.2, -0.15) is 13.5 Å². The highest BCUT2D eigenvalue weighted by Gasteiger charge is 2.57. The van der Waals surface area contributed by atoms with E-state index in [2.05, 4.69) is 10.4 Å². The van der Waals surface area contributed by atoms with Crippen molar-refractivity contribution in [3.05, 3.63) is 29.8 Å². The lowest BCUT2D eigenvalue weighted by Gasteiger charge is -2.44. The molecule has 1 aliphatic rings. The van der Waals surface area contributed by atoms with Gasteiger partial charge in [-0.3, -0.25) is 0 Å². The number of nitrogens with one attached hydrogen (secondary N) is 2. The molecule has 2 N–H and O–H groups in total. The number of carbonyl (C=O) groups excluding carboxylic acids is 1. The van der Waals surface area contributed by atoms with E-state index < -0.39 is 46.0 Å². The monoisotopic (exact) mass is 403 g/mol. The second-order valence-electron chi connectivity index (χ2n) is 7.66. The molecular weight excluding hydrogens is 380 g/mol. The Morgan fingerprint density at radius 2 is 1.78 bits per heavy atom. The summed E-state index contributed by atoms with van der Waals surface area (Å²) >= 11 is 0. The maximum absolute atomic E-state index is 13.4. The summed E-state index contributed by atoms with van der Waals surface area (Å²) in [7, 11) is -3.95. The number of sulfonamides is 1. The average Bonchev–Trinajstić information content (AvgIpc) is 2.43. The number of hydrogen-bond donors (Lipinski definition) is 2. The number of benzene rings is 1. The van der Waals surface area contributed by atoms with Crippen LogP contribution in [0.15, 0.2) is 34.3 Å². The summed E-state index contributed by atoms with van der Waals surface area (Å²) < 4.78 is 56.2. The third kappa shape index (κ3) is 5.88. The van der Waals surface area contributed by atoms with Gasteiger partial charge >= 0.3 is 6.09 Å². The fourth-order valence-corrected chi connectivity index (χ4v) is 3.37. The van der Waals surface area contributed by atoms with Crippen LogP contribution in [-0.4, -0.2) is 37.8 Å². The van der Waals surface area contributed by atoms with Crippen molar-refractivity contribution in [2.45, 2.75) is 62.5 Å². The molecule has 1 aliphatic carbocycles. The molecular formula is C17H23F2N3O4S. The molecule has 0 heterocycles. The number of amides is 1. The van der Waals surface area contributed by atoms with E-state index in [0.717, 1.165) is 11.8 Å². The molecule has 7 nitrogen and oxygen atoms in total. The number of alkyl halides is 2. The van der Waals surface area contributed by atoms with E-state index in [9.17, 15) is 22.0 Å². The van der Waals surface area contributed by atoms with Crippen LogP contribution >= 0.6 is 0 Å². The number of rotatable bonds is 5. The van der Waals surface area contributed by atoms with Gasteiger partial charge in [0.25, 0.3) is 15.9 Å². The molecule has 2 rings (SSSR count). The zero-order valence-electron chi connectivity index (χ0n) is 15.5. The second kappa shape index (κ2) is 7.06. The first-order valence-corrected chi connectivity index (χ1v) is 9.72. The number of hydrazone groups is 1. The second-order valence-corrected chi connectivity index (χ2v) is 9.32. The predicted octanol–water partition coefficient (Wildman–Crippen LogP) is 2.95. The molecule has 1 aromatic rings. The van der Waals surface area contributed by atoms with Crippen molar-refractivity contribution >= 4 is 22.3 Å². The van der Waals surface area contributed by atoms with E-state index in [0.29, 0.717) is 0 Å². The van der Waals surface area contributed by atoms with E-state index in [4.69, 9.17) is 4.74 Å². The number of nitrogens with zero attached hydrogens (tertiary/aromatic N) is 1. The third-order valence-electron chi connectivity index (χ3n) is 3.71. The summed E-state index contributed by atoms with van der Waals surface area (Å²) in [6.07, 6.45) is -1.31. The summed E-state index contributed by atoms with van der Waals surface area (Å²) in [5.41, 5.74) is -1.40. The maximum Gasteiger partial charge on any atom is 0.408 e. The van der Waals surface area contributed by atoms with Crippen molar-refractivity contribution < 1.29 is 26.7 Å². The van der Waals surface area contributed by atoms with E-state index in [1.165, 1.54) is 12.1 Å². The molecule has 0 saturated heterocycles. The molecule has 0 aromatic heterocycles. The lowest BCUT2D eigenvalue weighted by atomic mass is 9.74. The number of carbonyl (C=O) groups is 1. The lowest BCUT2D eigenvalue weighted by molar-refractivity contribution is -0.109. The smallest absolute Gasteiger partial charge is 0.408 e. The molecule has 27 heavy (non-hydrogen) atoms. The first-order chi connectivity index (χ1) is 12.2. The molecule has 0 aliphatic heterocycles. The first kappa shape index (κ1) is 21.1. The molecule has 1 saturated carbocycles. The van der Waals surface area contributed by atoms with Crippen LogP contribution in [0.2, 0.25) is 0 Å². The Hall–Kier alpha value is -2.23. The zero-order chi connectivity index (χ0) is 20.5. The zero-order valence-corrected chi connectivity index (χ0v) is 16.4. The van der Waals surface area contributed by atoms with E-state index >= 15 is 0 Å². The average molecular weight is 403 g/mol. The predicted molar refractivity (Wildman–Crippen MR) is 96.3 cm³/mol. The first-order valence-electron chi connectivity index (χ1n) is 8.24. The molecule has 150 valence electrons. The standard InChI is InChI=1S/C17H23F2N3O4S/c1-12-5-7-13(8-6-12)27(24,25)22-20-11-16(9-17(18,19)10-16)21-14(23)26-15(2,3)4/h5-8,11,22H,9-10H2,1-4H3,(H,21,23)/b20-11+. The lowest BCUT2D eigenvalue weighted by Crippen LogP contribution is -2.64. The fraction of sp³-hybridized carbons (Fsp3) is 0.529. The highest BCUT2D eigenvalue weighted by atomic mass is 32.2. The van der Waals surface area contributed by atoms with Crippen LogP contribution in [0.3, 0.4) is 0 Å². The van der Waals surface area contributed by atoms with Gasteiger partial charge in [-0.05, 0) is 39.8 Å². The van der Waals surface area contributed by atoms with Gasteiger partial charge in [0.05, 0.1) is 16.6 Å². The summed E-state index contributed by atoms with van der Waals surface area (Å²) in [4.78, 5) is 13.9. The van der Waals surface area contributed by atoms with Crippen LogP contribution in [0.1, 0.15) is 39.2 Å². The summed E-state index contributed by atoms with van der Waals surface area (Å²) in [5.74, 6) is -2.98. The quantitative estimate of drug-likeness (QED) is 0.583. The summed E-state index contributed by atoms with van der Waals surface area (Å²) in [6, 6.07) is 6.05. The number of aryl methyl sites for hydroxylation is 1. The SMILES string of the molecule is Cc1ccc(S(=O)(=O)N/N=C/C2(NC(=O)OC(C)(C)C)CC(F)(F)C2)cc1. The van der Waals surface area contributed by atoms with Gasteiger partial charge in [0.1, 0.15) is 5.60 Å². The highest BCUT2D eigenvalue weighted by molar-refractivity contribution is 7.89. The van der Waals surface area contributed by atoms with Gasteiger partial charge < -0.3 is 10.1 Å². The topological polar surface area (TPSA) is 96.9 Å². The number of hydrogen-bond acceptors (Lipinski definition) is 5. The molecule has 0 unspecified atom stereocenters. The number of alkyl carbamates (subject to hydrolysis) is 1. The van der Waals surface area contributed by atoms with E-state index in [-0.39, 0.29) is 4.90 Å². The maximum atomic E-state index is 13.4. The van der Waals surface area contributed by atoms with Crippen LogP contribution in [-0.2, 0) is 14.8 Å². The van der Waals surface area contributed by atoms with Crippen molar-refractivity contribution in [1.82, 2.24) is 10.1 Å². The highest BCUT2D eigenvalue weighted by Crippen LogP contribution is 2.44. The minimum Gasteiger partial charge on any atom is -0.444 e. The van der Waals surface area contributed by atoms with Crippen molar-refractivity contribution in [2.24, 2.45) is 5.10 Å². The van der Waals surface area contributed by atoms with E-state index in [1.807, 2.05) is 11.8 Å². The number of halogens is 2. The van der Waals surface area contributed by atoms with Crippen molar-refractivity contribution in [3.63, 3.8) is 0 Å². The van der Waals surface area contributed by atoms with E-state index in [1.54, 1.807) is 32.9 Å². The summed E-state index contributed by atoms with van der Waals surface area (Å²) in [6.45, 7) is 6.72. The largest absolute Gasteiger partial charge is 0.444 e. The van der Waals surface area contributed by atoms with Crippen LogP contribution < -0.4 is 10.1 Å². The van der Waals surface area contributed by atoms with Crippen LogP contribution in [0.25, 0.3) is 0 Å². The summed E-state index contributed by atoms with van der Waals surface area (Å²) in [5, 5.41) is 5.93. The van der Waals surface area contributed by atoms with Crippen molar-refractivity contribution in [3.8, 4) is 0 Å². The molecule has 0 bridgehead atoms. The molecule has 0 radical (unpaired) electrons. The molecule has 0 spiro atoms. The van der Waals surface area contributed by atoms with Gasteiger partial charge in [-0.25, -0.2) is 18.4 Å². The van der Waals surface area contributed by atoms with Gasteiger partial charge in [0, 0.05) is 12.8 Å². The van der Waals surface area contributed by atoms with Crippen LogP contribution in [0.5, 0.6) is 0 Å². The Kier molecular flexibility index (Phi) is 5.51. The Balaban J connectivity index is 2.09. The normalized spacial score (nSPS) is 18.6. The molecule has 0 atom stereocenters. The Morgan fingerprint density at radius 3 is 2.26 bits per heavy atom. The Bertz CT molecular complexity index is 823. The fourth-order valence-electron chi connectivity index (χ4n) is 2.58. The minimum atomic E-state index is -3.95. The van der Waals surface area contributed by atoms with Gasteiger partial charge in [-0.1, -0.05) is 17.7 Å². The minimum absolute atomic E-state index is 0.0154. The van der Waals surface area contributed by atoms with Crippen LogP contribution in [0, 0.1) is 6.92 Å². The molecule has 1 aromatic carbocycles. The Labute approximate surface area is 157 Å². The van der Waals surface area contributed by atoms with Gasteiger partial charge in [-0.15, -0.1) is 0 Å². The molecule has 1 fully saturated rings. The number of ether oxygens (including phenoxy) is 1. The van der Waals surface area contributed by atoms with Crippen molar-refractivity contribution in [2.75, 3.05) is 0 Å². The Morgan fingerprint density at radius 1 is 1.22 bits per heavy atom.